The monoisotopic (exact) mass is 337 g/mol. The van der Waals surface area contributed by atoms with Crippen molar-refractivity contribution in [2.45, 2.75) is 25.7 Å². The molecule has 3 rings (SSSR count). The van der Waals surface area contributed by atoms with Gasteiger partial charge in [-0.3, -0.25) is 20.0 Å². The number of amides is 2. The number of carbonyl (C=O) groups is 2. The van der Waals surface area contributed by atoms with Crippen LogP contribution in [0.5, 0.6) is 0 Å². The number of hydrogen-bond donors (Lipinski definition) is 1. The van der Waals surface area contributed by atoms with E-state index in [0.29, 0.717) is 13.0 Å². The van der Waals surface area contributed by atoms with E-state index in [1.54, 1.807) is 9.91 Å². The number of para-hydroxylation sites is 2. The lowest BCUT2D eigenvalue weighted by molar-refractivity contribution is -0.135. The van der Waals surface area contributed by atoms with Gasteiger partial charge < -0.3 is 4.90 Å². The number of hydrazine groups is 1. The Kier molecular flexibility index (Phi) is 5.67. The van der Waals surface area contributed by atoms with Crippen molar-refractivity contribution in [3.63, 3.8) is 0 Å². The number of nitrogens with one attached hydrogen (secondary N) is 1. The van der Waals surface area contributed by atoms with Crippen molar-refractivity contribution >= 4 is 23.2 Å². The first-order chi connectivity index (χ1) is 12.2. The van der Waals surface area contributed by atoms with Gasteiger partial charge in [0.05, 0.1) is 11.4 Å². The first kappa shape index (κ1) is 17.0. The van der Waals surface area contributed by atoms with Gasteiger partial charge in [0.15, 0.2) is 0 Å². The molecular weight excluding hydrogens is 314 g/mol. The van der Waals surface area contributed by atoms with E-state index < -0.39 is 0 Å². The van der Waals surface area contributed by atoms with Gasteiger partial charge in [-0.2, -0.15) is 0 Å². The van der Waals surface area contributed by atoms with Crippen LogP contribution in [0.15, 0.2) is 60.7 Å². The molecule has 2 aromatic carbocycles. The maximum absolute atomic E-state index is 12.6. The van der Waals surface area contributed by atoms with Crippen molar-refractivity contribution in [2.24, 2.45) is 0 Å². The van der Waals surface area contributed by atoms with E-state index in [2.05, 4.69) is 5.43 Å². The third-order valence-corrected chi connectivity index (χ3v) is 4.27. The Bertz CT molecular complexity index is 664. The summed E-state index contributed by atoms with van der Waals surface area (Å²) in [6, 6.07) is 19.3. The maximum Gasteiger partial charge on any atom is 0.258 e. The van der Waals surface area contributed by atoms with Crippen LogP contribution in [0, 0.1) is 0 Å². The molecule has 0 bridgehead atoms. The maximum atomic E-state index is 12.6. The third-order valence-electron chi connectivity index (χ3n) is 4.27. The average Bonchev–Trinajstić information content (AvgIpc) is 2.86. The van der Waals surface area contributed by atoms with Crippen LogP contribution in [0.2, 0.25) is 0 Å². The standard InChI is InChI=1S/C20H23N3O2/c24-19(16-22-15-9-3-8-14-20(22)25)21-23(17-10-4-1-5-11-17)18-12-6-2-7-13-18/h1-2,4-7,10-13H,3,8-9,14-16H2,(H,21,24). The zero-order valence-corrected chi connectivity index (χ0v) is 14.2. The molecule has 1 saturated heterocycles. The van der Waals surface area contributed by atoms with Crippen LogP contribution in [0.25, 0.3) is 0 Å². The summed E-state index contributed by atoms with van der Waals surface area (Å²) < 4.78 is 0. The van der Waals surface area contributed by atoms with E-state index in [4.69, 9.17) is 0 Å². The number of carbonyl (C=O) groups excluding carboxylic acids is 2. The smallest absolute Gasteiger partial charge is 0.258 e. The van der Waals surface area contributed by atoms with E-state index in [-0.39, 0.29) is 18.4 Å². The molecule has 2 aromatic rings. The summed E-state index contributed by atoms with van der Waals surface area (Å²) in [7, 11) is 0. The summed E-state index contributed by atoms with van der Waals surface area (Å²) >= 11 is 0. The van der Waals surface area contributed by atoms with Crippen molar-refractivity contribution < 1.29 is 9.59 Å². The SMILES string of the molecule is O=C(CN1CCCCCC1=O)NN(c1ccccc1)c1ccccc1. The zero-order valence-electron chi connectivity index (χ0n) is 14.2. The molecular formula is C20H23N3O2. The van der Waals surface area contributed by atoms with Crippen LogP contribution in [0.4, 0.5) is 11.4 Å². The largest absolute Gasteiger partial charge is 0.333 e. The Morgan fingerprint density at radius 1 is 0.920 bits per heavy atom. The van der Waals surface area contributed by atoms with Crippen molar-refractivity contribution in [3.05, 3.63) is 60.7 Å². The summed E-state index contributed by atoms with van der Waals surface area (Å²) in [5.74, 6) is -0.124. The van der Waals surface area contributed by atoms with Gasteiger partial charge in [0.25, 0.3) is 5.91 Å². The fraction of sp³-hybridized carbons (Fsp3) is 0.300. The van der Waals surface area contributed by atoms with Crippen LogP contribution in [-0.4, -0.2) is 29.8 Å². The molecule has 0 aromatic heterocycles. The lowest BCUT2D eigenvalue weighted by Gasteiger charge is -2.27. The Balaban J connectivity index is 1.74. The van der Waals surface area contributed by atoms with Gasteiger partial charge in [-0.1, -0.05) is 42.8 Å². The van der Waals surface area contributed by atoms with Gasteiger partial charge in [0.1, 0.15) is 6.54 Å². The Morgan fingerprint density at radius 2 is 1.52 bits per heavy atom. The minimum atomic E-state index is -0.192. The molecule has 5 heteroatoms. The Morgan fingerprint density at radius 3 is 2.12 bits per heavy atom. The van der Waals surface area contributed by atoms with Crippen molar-refractivity contribution in [1.82, 2.24) is 10.3 Å². The highest BCUT2D eigenvalue weighted by atomic mass is 16.2. The van der Waals surface area contributed by atoms with Gasteiger partial charge in [0.2, 0.25) is 5.91 Å². The second kappa shape index (κ2) is 8.33. The van der Waals surface area contributed by atoms with Crippen molar-refractivity contribution in [2.75, 3.05) is 18.1 Å². The second-order valence-electron chi connectivity index (χ2n) is 6.17. The van der Waals surface area contributed by atoms with Crippen LogP contribution in [0.3, 0.4) is 0 Å². The van der Waals surface area contributed by atoms with Crippen molar-refractivity contribution in [3.8, 4) is 0 Å². The fourth-order valence-corrected chi connectivity index (χ4v) is 2.97. The molecule has 1 aliphatic rings. The van der Waals surface area contributed by atoms with E-state index in [0.717, 1.165) is 30.6 Å². The van der Waals surface area contributed by atoms with Crippen LogP contribution in [0.1, 0.15) is 25.7 Å². The molecule has 1 heterocycles. The Labute approximate surface area is 148 Å². The molecule has 0 unspecified atom stereocenters. The molecule has 0 aliphatic carbocycles. The van der Waals surface area contributed by atoms with E-state index in [1.165, 1.54) is 0 Å². The number of hydrogen-bond acceptors (Lipinski definition) is 3. The van der Waals surface area contributed by atoms with Crippen LogP contribution >= 0.6 is 0 Å². The van der Waals surface area contributed by atoms with Gasteiger partial charge in [-0.05, 0) is 37.1 Å². The number of nitrogens with zero attached hydrogens (tertiary/aromatic N) is 2. The molecule has 25 heavy (non-hydrogen) atoms. The number of likely N-dealkylation sites (tertiary alicyclic amines) is 1. The van der Waals surface area contributed by atoms with Crippen molar-refractivity contribution in [1.29, 1.82) is 0 Å². The van der Waals surface area contributed by atoms with Gasteiger partial charge in [-0.25, -0.2) is 0 Å². The van der Waals surface area contributed by atoms with Crippen LogP contribution < -0.4 is 10.4 Å². The molecule has 130 valence electrons. The molecule has 1 fully saturated rings. The molecule has 0 radical (unpaired) electrons. The minimum Gasteiger partial charge on any atom is -0.333 e. The molecule has 0 saturated carbocycles. The summed E-state index contributed by atoms with van der Waals surface area (Å²) in [4.78, 5) is 26.4. The van der Waals surface area contributed by atoms with Crippen LogP contribution in [-0.2, 0) is 9.59 Å². The summed E-state index contributed by atoms with van der Waals surface area (Å²) in [5, 5.41) is 1.75. The lowest BCUT2D eigenvalue weighted by atomic mass is 10.2. The highest BCUT2D eigenvalue weighted by Crippen LogP contribution is 2.22. The fourth-order valence-electron chi connectivity index (χ4n) is 2.97. The van der Waals surface area contributed by atoms with E-state index in [1.807, 2.05) is 60.7 Å². The highest BCUT2D eigenvalue weighted by Gasteiger charge is 2.20. The van der Waals surface area contributed by atoms with Gasteiger partial charge in [0, 0.05) is 13.0 Å². The number of benzene rings is 2. The number of anilines is 2. The van der Waals surface area contributed by atoms with Gasteiger partial charge in [-0.15, -0.1) is 0 Å². The summed E-state index contributed by atoms with van der Waals surface area (Å²) in [5.41, 5.74) is 4.67. The number of rotatable bonds is 5. The second-order valence-corrected chi connectivity index (χ2v) is 6.17. The molecule has 5 nitrogen and oxygen atoms in total. The first-order valence-electron chi connectivity index (χ1n) is 8.71. The van der Waals surface area contributed by atoms with E-state index in [9.17, 15) is 9.59 Å². The first-order valence-corrected chi connectivity index (χ1v) is 8.71. The normalized spacial score (nSPS) is 14.7. The predicted octanol–water partition coefficient (Wildman–Crippen LogP) is 3.26. The highest BCUT2D eigenvalue weighted by molar-refractivity contribution is 5.86. The third kappa shape index (κ3) is 4.59. The summed E-state index contributed by atoms with van der Waals surface area (Å²) in [6.07, 6.45) is 3.45. The van der Waals surface area contributed by atoms with Gasteiger partial charge >= 0.3 is 0 Å². The molecule has 0 spiro atoms. The summed E-state index contributed by atoms with van der Waals surface area (Å²) in [6.45, 7) is 0.748. The molecule has 1 N–H and O–H groups in total. The molecule has 0 atom stereocenters. The quantitative estimate of drug-likeness (QED) is 0.852. The zero-order chi connectivity index (χ0) is 17.5. The average molecular weight is 337 g/mol. The predicted molar refractivity (Wildman–Crippen MR) is 98.2 cm³/mol. The topological polar surface area (TPSA) is 52.7 Å². The minimum absolute atomic E-state index is 0.0682. The lowest BCUT2D eigenvalue weighted by Crippen LogP contribution is -2.46. The Hall–Kier alpha value is -2.82. The molecule has 1 aliphatic heterocycles. The molecule has 2 amide bonds. The van der Waals surface area contributed by atoms with E-state index >= 15 is 0 Å².